The van der Waals surface area contributed by atoms with Gasteiger partial charge in [0.15, 0.2) is 13.2 Å². The summed E-state index contributed by atoms with van der Waals surface area (Å²) < 4.78 is 28.4. The minimum Gasteiger partial charge on any atom is -0.482 e. The Morgan fingerprint density at radius 3 is 2.25 bits per heavy atom. The molecule has 0 saturated heterocycles. The lowest BCUT2D eigenvalue weighted by atomic mass is 10.1. The summed E-state index contributed by atoms with van der Waals surface area (Å²) in [7, 11) is 1.81. The summed E-state index contributed by atoms with van der Waals surface area (Å²) in [6.45, 7) is 4.51. The summed E-state index contributed by atoms with van der Waals surface area (Å²) in [5.74, 6) is -1.24. The van der Waals surface area contributed by atoms with Crippen LogP contribution in [0.2, 0.25) is 0 Å². The first kappa shape index (κ1) is 24.7. The average Bonchev–Trinajstić information content (AvgIpc) is 3.28. The van der Waals surface area contributed by atoms with Gasteiger partial charge < -0.3 is 14.0 Å². The lowest BCUT2D eigenvalue weighted by Crippen LogP contribution is -2.22. The quantitative estimate of drug-likeness (QED) is 0.276. The number of rotatable bonds is 8. The van der Waals surface area contributed by atoms with Crippen molar-refractivity contribution in [2.24, 2.45) is 7.05 Å². The molecule has 0 amide bonds. The van der Waals surface area contributed by atoms with Crippen molar-refractivity contribution >= 4 is 11.8 Å². The number of carbonyl (C=O) groups excluding carboxylic acids is 2. The first-order chi connectivity index (χ1) is 17.2. The number of hydrogen-bond donors (Lipinski definition) is 0. The number of halogens is 1. The Morgan fingerprint density at radius 1 is 0.917 bits per heavy atom. The maximum absolute atomic E-state index is 13.4. The molecule has 9 heteroatoms. The van der Waals surface area contributed by atoms with E-state index in [9.17, 15) is 18.8 Å². The fourth-order valence-corrected chi connectivity index (χ4v) is 4.14. The van der Waals surface area contributed by atoms with Gasteiger partial charge in [0.05, 0.1) is 11.4 Å². The van der Waals surface area contributed by atoms with Crippen molar-refractivity contribution in [3.8, 4) is 17.1 Å². The molecule has 186 valence electrons. The van der Waals surface area contributed by atoms with Crippen molar-refractivity contribution in [2.45, 2.75) is 20.8 Å². The maximum atomic E-state index is 13.4. The third-order valence-corrected chi connectivity index (χ3v) is 6.01. The lowest BCUT2D eigenvalue weighted by molar-refractivity contribution is -0.144. The predicted octanol–water partition coefficient (Wildman–Crippen LogP) is 3.84. The highest BCUT2D eigenvalue weighted by molar-refractivity contribution is 5.99. The molecule has 0 spiro atoms. The van der Waals surface area contributed by atoms with Crippen molar-refractivity contribution in [1.29, 1.82) is 0 Å². The van der Waals surface area contributed by atoms with E-state index in [2.05, 4.69) is 0 Å². The second-order valence-electron chi connectivity index (χ2n) is 8.36. The first-order valence-electron chi connectivity index (χ1n) is 11.3. The van der Waals surface area contributed by atoms with Gasteiger partial charge in [0.25, 0.3) is 5.56 Å². The summed E-state index contributed by atoms with van der Waals surface area (Å²) >= 11 is 0. The van der Waals surface area contributed by atoms with Gasteiger partial charge in [-0.3, -0.25) is 14.3 Å². The van der Waals surface area contributed by atoms with E-state index in [1.807, 2.05) is 44.2 Å². The number of nitrogens with zero attached hydrogens (tertiary/aromatic N) is 3. The van der Waals surface area contributed by atoms with Crippen molar-refractivity contribution in [1.82, 2.24) is 13.9 Å². The highest BCUT2D eigenvalue weighted by Gasteiger charge is 2.24. The summed E-state index contributed by atoms with van der Waals surface area (Å²) in [5, 5.41) is 0. The molecular weight excluding hydrogens is 465 g/mol. The summed E-state index contributed by atoms with van der Waals surface area (Å²) in [6.07, 6.45) is 0. The summed E-state index contributed by atoms with van der Waals surface area (Å²) in [4.78, 5) is 38.4. The van der Waals surface area contributed by atoms with Gasteiger partial charge in [-0.25, -0.2) is 13.9 Å². The van der Waals surface area contributed by atoms with Crippen molar-refractivity contribution in [2.75, 3.05) is 13.2 Å². The molecule has 4 aromatic rings. The highest BCUT2D eigenvalue weighted by Crippen LogP contribution is 2.23. The molecule has 0 fully saturated rings. The molecule has 36 heavy (non-hydrogen) atoms. The standard InChI is InChI=1S/C27H26FN3O5/c1-17-14-23(24(32)15-36-25(33)16-35-22-12-10-20(28)11-13-22)18(2)30(17)26-19(3)29(4)31(27(26)34)21-8-6-5-7-9-21/h5-14H,15-16H2,1-4H3. The summed E-state index contributed by atoms with van der Waals surface area (Å²) in [5.41, 5.74) is 3.32. The maximum Gasteiger partial charge on any atom is 0.344 e. The fraction of sp³-hybridized carbons (Fsp3) is 0.222. The molecule has 2 aromatic carbocycles. The van der Waals surface area contributed by atoms with Crippen LogP contribution in [0.1, 0.15) is 27.4 Å². The van der Waals surface area contributed by atoms with Crippen LogP contribution in [0.15, 0.2) is 65.5 Å². The molecule has 0 unspecified atom stereocenters. The van der Waals surface area contributed by atoms with E-state index < -0.39 is 30.8 Å². The zero-order valence-corrected chi connectivity index (χ0v) is 20.4. The lowest BCUT2D eigenvalue weighted by Gasteiger charge is -2.09. The molecule has 0 aliphatic heterocycles. The molecule has 2 aromatic heterocycles. The first-order valence-corrected chi connectivity index (χ1v) is 11.3. The number of ketones is 1. The Bertz CT molecular complexity index is 1480. The van der Waals surface area contributed by atoms with Gasteiger partial charge in [-0.1, -0.05) is 18.2 Å². The Hall–Kier alpha value is -4.40. The van der Waals surface area contributed by atoms with Crippen molar-refractivity contribution < 1.29 is 23.5 Å². The molecule has 0 bridgehead atoms. The molecule has 0 N–H and O–H groups in total. The van der Waals surface area contributed by atoms with Crippen LogP contribution >= 0.6 is 0 Å². The monoisotopic (exact) mass is 491 g/mol. The van der Waals surface area contributed by atoms with Gasteiger partial charge >= 0.3 is 5.97 Å². The van der Waals surface area contributed by atoms with Crippen LogP contribution in [0.4, 0.5) is 4.39 Å². The predicted molar refractivity (Wildman–Crippen MR) is 132 cm³/mol. The van der Waals surface area contributed by atoms with Crippen molar-refractivity contribution in [3.05, 3.63) is 99.5 Å². The molecule has 2 heterocycles. The van der Waals surface area contributed by atoms with Gasteiger partial charge in [-0.15, -0.1) is 0 Å². The number of carbonyl (C=O) groups is 2. The van der Waals surface area contributed by atoms with E-state index in [0.29, 0.717) is 28.4 Å². The molecule has 0 atom stereocenters. The van der Waals surface area contributed by atoms with Crippen LogP contribution in [-0.2, 0) is 16.6 Å². The third kappa shape index (κ3) is 4.72. The number of para-hydroxylation sites is 1. The van der Waals surface area contributed by atoms with Crippen LogP contribution in [-0.4, -0.2) is 38.9 Å². The van der Waals surface area contributed by atoms with E-state index >= 15 is 0 Å². The van der Waals surface area contributed by atoms with Crippen LogP contribution in [0.3, 0.4) is 0 Å². The molecule has 0 saturated carbocycles. The SMILES string of the molecule is Cc1cc(C(=O)COC(=O)COc2ccc(F)cc2)c(C)n1-c1c(C)n(C)n(-c2ccccc2)c1=O. The molecule has 4 rings (SSSR count). The number of aromatic nitrogens is 3. The third-order valence-electron chi connectivity index (χ3n) is 6.01. The van der Waals surface area contributed by atoms with Crippen LogP contribution in [0.5, 0.6) is 5.75 Å². The van der Waals surface area contributed by atoms with E-state index in [-0.39, 0.29) is 5.56 Å². The Kier molecular flexibility index (Phi) is 6.91. The van der Waals surface area contributed by atoms with Gasteiger partial charge in [-0.05, 0) is 63.2 Å². The number of esters is 1. The van der Waals surface area contributed by atoms with E-state index in [1.165, 1.54) is 24.3 Å². The zero-order chi connectivity index (χ0) is 26.0. The van der Waals surface area contributed by atoms with Crippen LogP contribution < -0.4 is 10.3 Å². The number of hydrogen-bond acceptors (Lipinski definition) is 5. The Labute approximate surface area is 207 Å². The van der Waals surface area contributed by atoms with Gasteiger partial charge in [0.1, 0.15) is 17.3 Å². The Balaban J connectivity index is 1.52. The molecule has 0 aliphatic carbocycles. The molecular formula is C27H26FN3O5. The Morgan fingerprint density at radius 2 is 1.58 bits per heavy atom. The second-order valence-corrected chi connectivity index (χ2v) is 8.36. The molecule has 0 aliphatic rings. The van der Waals surface area contributed by atoms with Crippen LogP contribution in [0.25, 0.3) is 11.4 Å². The fourth-order valence-electron chi connectivity index (χ4n) is 4.14. The van der Waals surface area contributed by atoms with Crippen LogP contribution in [0, 0.1) is 26.6 Å². The number of aryl methyl sites for hydroxylation is 1. The number of ether oxygens (including phenoxy) is 2. The number of Topliss-reactive ketones (excluding diaryl/α,β-unsaturated/α-hetero) is 1. The van der Waals surface area contributed by atoms with Gasteiger partial charge in [0, 0.05) is 24.0 Å². The largest absolute Gasteiger partial charge is 0.482 e. The van der Waals surface area contributed by atoms with E-state index in [1.54, 1.807) is 34.0 Å². The highest BCUT2D eigenvalue weighted by atomic mass is 19.1. The van der Waals surface area contributed by atoms with Crippen molar-refractivity contribution in [3.63, 3.8) is 0 Å². The zero-order valence-electron chi connectivity index (χ0n) is 20.4. The number of benzene rings is 2. The molecule has 0 radical (unpaired) electrons. The topological polar surface area (TPSA) is 84.5 Å². The smallest absolute Gasteiger partial charge is 0.344 e. The minimum absolute atomic E-state index is 0.216. The van der Waals surface area contributed by atoms with E-state index in [4.69, 9.17) is 9.47 Å². The van der Waals surface area contributed by atoms with Gasteiger partial charge in [0.2, 0.25) is 5.78 Å². The summed E-state index contributed by atoms with van der Waals surface area (Å²) in [6, 6.07) is 16.2. The minimum atomic E-state index is -0.730. The molecule has 8 nitrogen and oxygen atoms in total. The second kappa shape index (κ2) is 10.1. The normalized spacial score (nSPS) is 10.9. The van der Waals surface area contributed by atoms with E-state index in [0.717, 1.165) is 11.4 Å². The van der Waals surface area contributed by atoms with Gasteiger partial charge in [-0.2, -0.15) is 0 Å². The average molecular weight is 492 g/mol.